The van der Waals surface area contributed by atoms with E-state index in [0.717, 1.165) is 37.2 Å². The number of aryl methyl sites for hydroxylation is 2. The minimum Gasteiger partial charge on any atom is -0.491 e. The van der Waals surface area contributed by atoms with Gasteiger partial charge in [-0.2, -0.15) is 0 Å². The summed E-state index contributed by atoms with van der Waals surface area (Å²) in [6.07, 6.45) is 41.3. The molecular formula is C76H139O18P. The molecule has 0 bridgehead atoms. The summed E-state index contributed by atoms with van der Waals surface area (Å²) in [5.74, 6) is 2.05. The Morgan fingerprint density at radius 3 is 0.695 bits per heavy atom. The molecule has 0 aromatic heterocycles. The molecule has 0 aliphatic carbocycles. The van der Waals surface area contributed by atoms with Crippen LogP contribution in [0.15, 0.2) is 36.4 Å². The van der Waals surface area contributed by atoms with E-state index >= 15 is 0 Å². The van der Waals surface area contributed by atoms with Gasteiger partial charge in [-0.3, -0.25) is 9.05 Å². The first kappa shape index (κ1) is 88.8. The molecule has 0 unspecified atom stereocenters. The topological polar surface area (TPSA) is 185 Å². The van der Waals surface area contributed by atoms with Crippen molar-refractivity contribution in [2.75, 3.05) is 185 Å². The number of hydrogen-bond acceptors (Lipinski definition) is 17. The molecule has 18 nitrogen and oxygen atoms in total. The highest BCUT2D eigenvalue weighted by Crippen LogP contribution is 2.42. The maximum Gasteiger partial charge on any atom is 0.472 e. The summed E-state index contributed by atoms with van der Waals surface area (Å²) in [6, 6.07) is 13.2. The number of phosphoric acid groups is 1. The van der Waals surface area contributed by atoms with E-state index < -0.39 is 7.82 Å². The molecule has 0 spiro atoms. The number of benzene rings is 2. The summed E-state index contributed by atoms with van der Waals surface area (Å²) in [5.41, 5.74) is 5.72. The molecule has 556 valence electrons. The monoisotopic (exact) mass is 1370 g/mol. The maximum absolute atomic E-state index is 12.2. The lowest BCUT2D eigenvalue weighted by molar-refractivity contribution is -0.0204. The van der Waals surface area contributed by atoms with Gasteiger partial charge in [-0.15, -0.1) is 0 Å². The van der Waals surface area contributed by atoms with Crippen molar-refractivity contribution in [1.29, 1.82) is 0 Å². The van der Waals surface area contributed by atoms with Crippen LogP contribution in [0.5, 0.6) is 11.5 Å². The van der Waals surface area contributed by atoms with Gasteiger partial charge in [0.15, 0.2) is 0 Å². The van der Waals surface area contributed by atoms with Gasteiger partial charge >= 0.3 is 7.82 Å². The Morgan fingerprint density at radius 1 is 0.253 bits per heavy atom. The molecule has 0 atom stereocenters. The average Bonchev–Trinajstić information content (AvgIpc) is 0.930. The number of hydrogen-bond donors (Lipinski definition) is 1. The second kappa shape index (κ2) is 70.1. The lowest BCUT2D eigenvalue weighted by atomic mass is 9.95. The van der Waals surface area contributed by atoms with E-state index in [-0.39, 0.29) is 26.4 Å². The third-order valence-corrected chi connectivity index (χ3v) is 17.3. The zero-order valence-electron chi connectivity index (χ0n) is 60.7. The van der Waals surface area contributed by atoms with Gasteiger partial charge in [-0.1, -0.05) is 206 Å². The van der Waals surface area contributed by atoms with E-state index in [1.54, 1.807) is 0 Å². The molecular weight excluding hydrogens is 1230 g/mol. The molecule has 0 saturated heterocycles. The van der Waals surface area contributed by atoms with Crippen molar-refractivity contribution < 1.29 is 84.8 Å². The van der Waals surface area contributed by atoms with Gasteiger partial charge in [0.25, 0.3) is 0 Å². The normalized spacial score (nSPS) is 11.8. The van der Waals surface area contributed by atoms with Crippen molar-refractivity contribution in [3.05, 3.63) is 58.7 Å². The molecule has 1 N–H and O–H groups in total. The zero-order chi connectivity index (χ0) is 67.9. The van der Waals surface area contributed by atoms with Crippen molar-refractivity contribution in [2.45, 2.75) is 233 Å². The minimum absolute atomic E-state index is 0.107. The third-order valence-electron chi connectivity index (χ3n) is 16.3. The van der Waals surface area contributed by atoms with Crippen LogP contribution in [0.3, 0.4) is 0 Å². The minimum atomic E-state index is -4.23. The molecule has 0 fully saturated rings. The fourth-order valence-corrected chi connectivity index (χ4v) is 11.6. The summed E-state index contributed by atoms with van der Waals surface area (Å²) in [4.78, 5) is 9.93. The molecule has 2 rings (SSSR count). The van der Waals surface area contributed by atoms with Crippen molar-refractivity contribution in [3.8, 4) is 11.5 Å². The zero-order valence-corrected chi connectivity index (χ0v) is 61.6. The third kappa shape index (κ3) is 57.0. The van der Waals surface area contributed by atoms with Crippen LogP contribution >= 0.6 is 7.82 Å². The lowest BCUT2D eigenvalue weighted by Gasteiger charge is -2.16. The number of unbranched alkanes of at least 4 members (excludes halogenated alkanes) is 24. The van der Waals surface area contributed by atoms with Crippen LogP contribution < -0.4 is 9.47 Å². The number of rotatable bonds is 78. The summed E-state index contributed by atoms with van der Waals surface area (Å²) in [5, 5.41) is 0. The summed E-state index contributed by atoms with van der Waals surface area (Å²) in [6.45, 7) is 19.9. The van der Waals surface area contributed by atoms with Crippen LogP contribution in [-0.4, -0.2) is 190 Å². The van der Waals surface area contributed by atoms with Gasteiger partial charge < -0.3 is 71.2 Å². The Morgan fingerprint density at radius 2 is 0.453 bits per heavy atom. The van der Waals surface area contributed by atoms with Crippen molar-refractivity contribution in [1.82, 2.24) is 0 Å². The van der Waals surface area contributed by atoms with E-state index in [4.69, 9.17) is 75.4 Å². The Labute approximate surface area is 578 Å². The van der Waals surface area contributed by atoms with Gasteiger partial charge in [0.2, 0.25) is 0 Å². The fraction of sp³-hybridized carbons (Fsp3) is 0.842. The Kier molecular flexibility index (Phi) is 65.5. The Balaban J connectivity index is 1.32. The second-order valence-corrected chi connectivity index (χ2v) is 25.9. The molecule has 0 aliphatic rings. The predicted molar refractivity (Wildman–Crippen MR) is 382 cm³/mol. The second-order valence-electron chi connectivity index (χ2n) is 24.5. The van der Waals surface area contributed by atoms with Crippen LogP contribution in [0.25, 0.3) is 0 Å². The molecule has 0 radical (unpaired) electrons. The predicted octanol–water partition coefficient (Wildman–Crippen LogP) is 16.6. The summed E-state index contributed by atoms with van der Waals surface area (Å²) in [7, 11) is -4.23. The van der Waals surface area contributed by atoms with Crippen molar-refractivity contribution in [3.63, 3.8) is 0 Å². The Bertz CT molecular complexity index is 1820. The largest absolute Gasteiger partial charge is 0.491 e. The molecule has 2 aromatic rings. The van der Waals surface area contributed by atoms with E-state index in [2.05, 4.69) is 64.1 Å². The molecule has 0 aliphatic heterocycles. The first-order valence-corrected chi connectivity index (χ1v) is 39.5. The summed E-state index contributed by atoms with van der Waals surface area (Å²) < 4.78 is 102. The lowest BCUT2D eigenvalue weighted by Crippen LogP contribution is -2.15. The summed E-state index contributed by atoms with van der Waals surface area (Å²) >= 11 is 0. The van der Waals surface area contributed by atoms with Crippen LogP contribution in [0, 0.1) is 0 Å². The molecule has 0 amide bonds. The molecule has 19 heteroatoms. The van der Waals surface area contributed by atoms with Crippen LogP contribution in [0.2, 0.25) is 0 Å². The highest BCUT2D eigenvalue weighted by Gasteiger charge is 2.20. The molecule has 2 aromatic carbocycles. The van der Waals surface area contributed by atoms with Crippen LogP contribution in [-0.2, 0) is 96.1 Å². The maximum atomic E-state index is 12.2. The van der Waals surface area contributed by atoms with Crippen molar-refractivity contribution >= 4 is 7.82 Å². The SMILES string of the molecule is CCCCCCCCCc1cccc(OCCOCCOCCOCCOCCOCCOCCOP(=O)(O)OCCOCCOCCOCCOCCOCCOCCOc2cccc(CCCCCCCCC)c2CCCCCCCCC)c1CCCCCCCCC. The van der Waals surface area contributed by atoms with E-state index in [0.29, 0.717) is 159 Å². The number of phosphoric ester groups is 1. The Hall–Kier alpha value is -2.33. The van der Waals surface area contributed by atoms with Gasteiger partial charge in [-0.25, -0.2) is 4.57 Å². The highest BCUT2D eigenvalue weighted by atomic mass is 31.2. The van der Waals surface area contributed by atoms with Gasteiger partial charge in [0.1, 0.15) is 24.7 Å². The van der Waals surface area contributed by atoms with Crippen LogP contribution in [0.1, 0.15) is 230 Å². The fourth-order valence-electron chi connectivity index (χ4n) is 10.9. The molecule has 0 heterocycles. The van der Waals surface area contributed by atoms with E-state index in [9.17, 15) is 9.46 Å². The first-order chi connectivity index (χ1) is 47.0. The van der Waals surface area contributed by atoms with Gasteiger partial charge in [0, 0.05) is 0 Å². The highest BCUT2D eigenvalue weighted by molar-refractivity contribution is 7.47. The van der Waals surface area contributed by atoms with E-state index in [1.807, 2.05) is 0 Å². The van der Waals surface area contributed by atoms with Gasteiger partial charge in [-0.05, 0) is 85.8 Å². The smallest absolute Gasteiger partial charge is 0.472 e. The quantitative estimate of drug-likeness (QED) is 0.0486. The van der Waals surface area contributed by atoms with Crippen LogP contribution in [0.4, 0.5) is 0 Å². The molecule has 0 saturated carbocycles. The first-order valence-electron chi connectivity index (χ1n) is 38.0. The standard InChI is InChI=1S/C76H139O18P/c1-5-9-13-17-21-25-29-35-71-37-33-41-75(73(71)39-31-27-23-19-15-11-7-3)91-67-63-87-59-55-83-51-47-79-43-45-81-49-53-85-57-61-89-65-69-93-95(77,78)94-70-66-90-62-58-86-54-50-82-46-44-80-48-52-84-56-60-88-64-68-92-76-42-34-38-72(36-30-26-22-18-14-10-6-2)74(76)40-32-28-24-20-16-12-8-4/h33-34,37-38,41-42H,5-32,35-36,39-40,43-70H2,1-4H3,(H,77,78). The average molecular weight is 1370 g/mol. The number of ether oxygens (including phenoxy) is 14. The molecule has 95 heavy (non-hydrogen) atoms. The van der Waals surface area contributed by atoms with Crippen molar-refractivity contribution in [2.24, 2.45) is 0 Å². The van der Waals surface area contributed by atoms with E-state index in [1.165, 1.54) is 202 Å². The van der Waals surface area contributed by atoms with Gasteiger partial charge in [0.05, 0.1) is 172 Å².